The van der Waals surface area contributed by atoms with Gasteiger partial charge in [-0.25, -0.2) is 9.78 Å². The third-order valence-corrected chi connectivity index (χ3v) is 4.93. The normalized spacial score (nSPS) is 17.2. The number of amides is 2. The SMILES string of the molecule is Cc1ccc(CCNC(=O)N2CCC[C@H](C(=O)c3nccn3C)C2)cc1. The zero-order valence-corrected chi connectivity index (χ0v) is 15.4. The van der Waals surface area contributed by atoms with Crippen molar-refractivity contribution >= 4 is 11.8 Å². The van der Waals surface area contributed by atoms with Gasteiger partial charge in [-0.15, -0.1) is 0 Å². The van der Waals surface area contributed by atoms with Gasteiger partial charge in [-0.05, 0) is 31.7 Å². The van der Waals surface area contributed by atoms with Gasteiger partial charge < -0.3 is 14.8 Å². The molecule has 6 heteroatoms. The number of rotatable bonds is 5. The molecule has 0 saturated carbocycles. The molecule has 2 amide bonds. The predicted octanol–water partition coefficient (Wildman–Crippen LogP) is 2.58. The molecule has 0 bridgehead atoms. The largest absolute Gasteiger partial charge is 0.338 e. The summed E-state index contributed by atoms with van der Waals surface area (Å²) in [4.78, 5) is 31.0. The van der Waals surface area contributed by atoms with Crippen molar-refractivity contribution in [3.05, 3.63) is 53.6 Å². The first-order chi connectivity index (χ1) is 12.5. The van der Waals surface area contributed by atoms with Crippen molar-refractivity contribution in [1.82, 2.24) is 19.8 Å². The van der Waals surface area contributed by atoms with Crippen LogP contribution in [-0.2, 0) is 13.5 Å². The molecule has 1 aromatic carbocycles. The Labute approximate surface area is 154 Å². The van der Waals surface area contributed by atoms with E-state index >= 15 is 0 Å². The fourth-order valence-corrected chi connectivity index (χ4v) is 3.34. The minimum atomic E-state index is -0.173. The summed E-state index contributed by atoms with van der Waals surface area (Å²) in [5.41, 5.74) is 2.44. The van der Waals surface area contributed by atoms with E-state index in [1.807, 2.05) is 7.05 Å². The first-order valence-electron chi connectivity index (χ1n) is 9.14. The topological polar surface area (TPSA) is 67.2 Å². The molecular formula is C20H26N4O2. The van der Waals surface area contributed by atoms with Crippen LogP contribution in [-0.4, -0.2) is 45.9 Å². The molecule has 2 heterocycles. The molecule has 1 atom stereocenters. The first kappa shape index (κ1) is 18.2. The number of hydrogen-bond acceptors (Lipinski definition) is 3. The Kier molecular flexibility index (Phi) is 5.71. The number of nitrogens with one attached hydrogen (secondary N) is 1. The lowest BCUT2D eigenvalue weighted by Gasteiger charge is -2.31. The molecule has 0 unspecified atom stereocenters. The van der Waals surface area contributed by atoms with Crippen LogP contribution in [0.25, 0.3) is 0 Å². The van der Waals surface area contributed by atoms with Gasteiger partial charge in [0.05, 0.1) is 0 Å². The first-order valence-corrected chi connectivity index (χ1v) is 9.14. The van der Waals surface area contributed by atoms with Gasteiger partial charge in [-0.3, -0.25) is 4.79 Å². The van der Waals surface area contributed by atoms with Crippen molar-refractivity contribution in [1.29, 1.82) is 0 Å². The van der Waals surface area contributed by atoms with Gasteiger partial charge in [0.2, 0.25) is 5.78 Å². The highest BCUT2D eigenvalue weighted by atomic mass is 16.2. The lowest BCUT2D eigenvalue weighted by atomic mass is 9.93. The fraction of sp³-hybridized carbons (Fsp3) is 0.450. The smallest absolute Gasteiger partial charge is 0.317 e. The summed E-state index contributed by atoms with van der Waals surface area (Å²) >= 11 is 0. The van der Waals surface area contributed by atoms with Crippen molar-refractivity contribution in [2.45, 2.75) is 26.2 Å². The molecule has 0 radical (unpaired) electrons. The van der Waals surface area contributed by atoms with E-state index in [1.54, 1.807) is 21.9 Å². The van der Waals surface area contributed by atoms with Crippen LogP contribution in [0, 0.1) is 12.8 Å². The second kappa shape index (κ2) is 8.17. The Hall–Kier alpha value is -2.63. The predicted molar refractivity (Wildman–Crippen MR) is 100 cm³/mol. The van der Waals surface area contributed by atoms with Gasteiger partial charge in [0.1, 0.15) is 0 Å². The Morgan fingerprint density at radius 1 is 1.27 bits per heavy atom. The molecule has 1 N–H and O–H groups in total. The number of nitrogens with zero attached hydrogens (tertiary/aromatic N) is 3. The van der Waals surface area contributed by atoms with Crippen LogP contribution in [0.15, 0.2) is 36.7 Å². The number of hydrogen-bond donors (Lipinski definition) is 1. The molecule has 0 aliphatic carbocycles. The van der Waals surface area contributed by atoms with Crippen LogP contribution in [0.1, 0.15) is 34.6 Å². The molecule has 138 valence electrons. The molecule has 0 spiro atoms. The Morgan fingerprint density at radius 3 is 2.73 bits per heavy atom. The minimum absolute atomic E-state index is 0.0228. The quantitative estimate of drug-likeness (QED) is 0.839. The number of carbonyl (C=O) groups is 2. The van der Waals surface area contributed by atoms with Crippen LogP contribution in [0.3, 0.4) is 0 Å². The number of aromatic nitrogens is 2. The van der Waals surface area contributed by atoms with Crippen molar-refractivity contribution in [2.24, 2.45) is 13.0 Å². The van der Waals surface area contributed by atoms with E-state index in [1.165, 1.54) is 11.1 Å². The highest BCUT2D eigenvalue weighted by molar-refractivity contribution is 5.95. The second-order valence-corrected chi connectivity index (χ2v) is 6.98. The van der Waals surface area contributed by atoms with Gasteiger partial charge in [-0.1, -0.05) is 29.8 Å². The van der Waals surface area contributed by atoms with Gasteiger partial charge in [0, 0.05) is 45.0 Å². The van der Waals surface area contributed by atoms with Crippen LogP contribution in [0.2, 0.25) is 0 Å². The van der Waals surface area contributed by atoms with E-state index in [2.05, 4.69) is 41.5 Å². The van der Waals surface area contributed by atoms with Crippen molar-refractivity contribution in [3.8, 4) is 0 Å². The highest BCUT2D eigenvalue weighted by Gasteiger charge is 2.30. The van der Waals surface area contributed by atoms with E-state index < -0.39 is 0 Å². The van der Waals surface area contributed by atoms with Crippen molar-refractivity contribution in [3.63, 3.8) is 0 Å². The molecule has 1 aliphatic heterocycles. The molecule has 3 rings (SSSR count). The van der Waals surface area contributed by atoms with Crippen LogP contribution in [0.5, 0.6) is 0 Å². The van der Waals surface area contributed by atoms with E-state index in [4.69, 9.17) is 0 Å². The summed E-state index contributed by atoms with van der Waals surface area (Å²) in [6.07, 6.45) is 5.85. The number of aryl methyl sites for hydroxylation is 2. The maximum Gasteiger partial charge on any atom is 0.317 e. The van der Waals surface area contributed by atoms with E-state index in [-0.39, 0.29) is 17.7 Å². The lowest BCUT2D eigenvalue weighted by molar-refractivity contribution is 0.0832. The summed E-state index contributed by atoms with van der Waals surface area (Å²) < 4.78 is 1.74. The third kappa shape index (κ3) is 4.31. The van der Waals surface area contributed by atoms with Gasteiger partial charge in [0.15, 0.2) is 5.82 Å². The number of likely N-dealkylation sites (tertiary alicyclic amines) is 1. The zero-order valence-electron chi connectivity index (χ0n) is 15.4. The van der Waals surface area contributed by atoms with Gasteiger partial charge in [-0.2, -0.15) is 0 Å². The standard InChI is InChI=1S/C20H26N4O2/c1-15-5-7-16(8-6-15)9-10-22-20(26)24-12-3-4-17(14-24)18(25)19-21-11-13-23(19)2/h5-8,11,13,17H,3-4,9-10,12,14H2,1-2H3,(H,22,26)/t17-/m0/s1. The van der Waals surface area contributed by atoms with Crippen LogP contribution < -0.4 is 5.32 Å². The summed E-state index contributed by atoms with van der Waals surface area (Å²) in [5, 5.41) is 2.98. The highest BCUT2D eigenvalue weighted by Crippen LogP contribution is 2.20. The maximum absolute atomic E-state index is 12.6. The minimum Gasteiger partial charge on any atom is -0.338 e. The van der Waals surface area contributed by atoms with E-state index in [0.717, 1.165) is 19.3 Å². The van der Waals surface area contributed by atoms with Crippen molar-refractivity contribution < 1.29 is 9.59 Å². The second-order valence-electron chi connectivity index (χ2n) is 6.98. The average molecular weight is 354 g/mol. The summed E-state index contributed by atoms with van der Waals surface area (Å²) in [5.74, 6) is 0.319. The monoisotopic (exact) mass is 354 g/mol. The number of benzene rings is 1. The molecule has 6 nitrogen and oxygen atoms in total. The van der Waals surface area contributed by atoms with Gasteiger partial charge in [0.25, 0.3) is 0 Å². The van der Waals surface area contributed by atoms with Crippen LogP contribution in [0.4, 0.5) is 4.79 Å². The number of piperidine rings is 1. The molecular weight excluding hydrogens is 328 g/mol. The Balaban J connectivity index is 1.50. The number of carbonyl (C=O) groups excluding carboxylic acids is 2. The molecule has 2 aromatic rings. The van der Waals surface area contributed by atoms with E-state index in [0.29, 0.717) is 25.5 Å². The number of Topliss-reactive ketones (excluding diaryl/α,β-unsaturated/α-hetero) is 1. The lowest BCUT2D eigenvalue weighted by Crippen LogP contribution is -2.47. The third-order valence-electron chi connectivity index (χ3n) is 4.93. The Morgan fingerprint density at radius 2 is 2.04 bits per heavy atom. The number of ketones is 1. The Bertz CT molecular complexity index is 766. The summed E-state index contributed by atoms with van der Waals surface area (Å²) in [6, 6.07) is 8.24. The van der Waals surface area contributed by atoms with Gasteiger partial charge >= 0.3 is 6.03 Å². The molecule has 1 aliphatic rings. The molecule has 26 heavy (non-hydrogen) atoms. The van der Waals surface area contributed by atoms with Crippen LogP contribution >= 0.6 is 0 Å². The number of urea groups is 1. The van der Waals surface area contributed by atoms with E-state index in [9.17, 15) is 9.59 Å². The summed E-state index contributed by atoms with van der Waals surface area (Å²) in [7, 11) is 1.82. The molecule has 1 saturated heterocycles. The average Bonchev–Trinajstić information content (AvgIpc) is 3.08. The summed E-state index contributed by atoms with van der Waals surface area (Å²) in [6.45, 7) is 3.81. The van der Waals surface area contributed by atoms with Crippen molar-refractivity contribution in [2.75, 3.05) is 19.6 Å². The fourth-order valence-electron chi connectivity index (χ4n) is 3.34. The zero-order chi connectivity index (χ0) is 18.5. The maximum atomic E-state index is 12.6. The number of imidazole rings is 1. The molecule has 1 aromatic heterocycles. The molecule has 1 fully saturated rings.